The fraction of sp³-hybridized carbons (Fsp3) is 0.206. The van der Waals surface area contributed by atoms with Crippen molar-refractivity contribution in [3.05, 3.63) is 133 Å². The quantitative estimate of drug-likeness (QED) is 0.238. The standard InChI is InChI=1S/C34H31N5O3S/c1-4-11-23-16-18-24(19-17-23)27-21-38(37-36-27)28-15-10-9-14-26(28)20-29-32(40)39-31(25-12-7-6-8-13-25)30(33(41)42-5-2)22(3)35-34(39)43-29/h6-10,12-21,31H,4-5,11H2,1-3H3/b29-20-. The number of hydrogen-bond donors (Lipinski definition) is 0. The zero-order valence-corrected chi connectivity index (χ0v) is 25.0. The summed E-state index contributed by atoms with van der Waals surface area (Å²) >= 11 is 1.29. The maximum Gasteiger partial charge on any atom is 0.338 e. The first-order chi connectivity index (χ1) is 21.0. The molecule has 3 aromatic carbocycles. The number of allylic oxidation sites excluding steroid dienone is 1. The Hall–Kier alpha value is -4.89. The lowest BCUT2D eigenvalue weighted by Crippen LogP contribution is -2.39. The monoisotopic (exact) mass is 589 g/mol. The van der Waals surface area contributed by atoms with Crippen molar-refractivity contribution in [2.75, 3.05) is 6.61 Å². The smallest absolute Gasteiger partial charge is 0.338 e. The van der Waals surface area contributed by atoms with Crippen LogP contribution in [-0.4, -0.2) is 32.1 Å². The first-order valence-electron chi connectivity index (χ1n) is 14.3. The van der Waals surface area contributed by atoms with Crippen LogP contribution in [0.15, 0.2) is 106 Å². The Bertz CT molecular complexity index is 2000. The van der Waals surface area contributed by atoms with Gasteiger partial charge in [-0.25, -0.2) is 14.5 Å². The molecule has 1 unspecified atom stereocenters. The van der Waals surface area contributed by atoms with Gasteiger partial charge in [0.25, 0.3) is 5.56 Å². The van der Waals surface area contributed by atoms with Gasteiger partial charge in [-0.2, -0.15) is 0 Å². The summed E-state index contributed by atoms with van der Waals surface area (Å²) in [5, 5.41) is 8.83. The number of ether oxygens (including phenoxy) is 1. The van der Waals surface area contributed by atoms with Gasteiger partial charge in [-0.15, -0.1) is 5.10 Å². The lowest BCUT2D eigenvalue weighted by Gasteiger charge is -2.24. The fourth-order valence-electron chi connectivity index (χ4n) is 5.35. The van der Waals surface area contributed by atoms with Crippen LogP contribution in [0.5, 0.6) is 0 Å². The highest BCUT2D eigenvalue weighted by Gasteiger charge is 2.33. The number of nitrogens with zero attached hydrogens (tertiary/aromatic N) is 5. The van der Waals surface area contributed by atoms with E-state index in [0.717, 1.165) is 40.9 Å². The highest BCUT2D eigenvalue weighted by Crippen LogP contribution is 2.30. The van der Waals surface area contributed by atoms with Crippen LogP contribution in [0.1, 0.15) is 49.9 Å². The minimum Gasteiger partial charge on any atom is -0.463 e. The number of hydrogen-bond acceptors (Lipinski definition) is 7. The van der Waals surface area contributed by atoms with E-state index in [-0.39, 0.29) is 12.2 Å². The zero-order valence-electron chi connectivity index (χ0n) is 24.2. The molecule has 0 spiro atoms. The van der Waals surface area contributed by atoms with Crippen molar-refractivity contribution in [2.24, 2.45) is 4.99 Å². The normalized spacial score (nSPS) is 14.9. The lowest BCUT2D eigenvalue weighted by molar-refractivity contribution is -0.139. The van der Waals surface area contributed by atoms with Crippen LogP contribution in [0, 0.1) is 0 Å². The summed E-state index contributed by atoms with van der Waals surface area (Å²) < 4.78 is 9.21. The number of thiazole rings is 1. The Morgan fingerprint density at radius 1 is 1.00 bits per heavy atom. The van der Waals surface area contributed by atoms with E-state index in [1.807, 2.05) is 66.9 Å². The van der Waals surface area contributed by atoms with Gasteiger partial charge in [-0.05, 0) is 43.5 Å². The largest absolute Gasteiger partial charge is 0.463 e. The van der Waals surface area contributed by atoms with Crippen LogP contribution in [0.25, 0.3) is 23.0 Å². The summed E-state index contributed by atoms with van der Waals surface area (Å²) in [5.74, 6) is -0.473. The van der Waals surface area contributed by atoms with Gasteiger partial charge in [-0.3, -0.25) is 9.36 Å². The van der Waals surface area contributed by atoms with E-state index in [2.05, 4.69) is 46.5 Å². The van der Waals surface area contributed by atoms with Crippen LogP contribution >= 0.6 is 11.3 Å². The second-order valence-corrected chi connectivity index (χ2v) is 11.3. The zero-order chi connectivity index (χ0) is 29.9. The van der Waals surface area contributed by atoms with Crippen LogP contribution < -0.4 is 14.9 Å². The third-order valence-electron chi connectivity index (χ3n) is 7.38. The first kappa shape index (κ1) is 28.2. The molecule has 0 radical (unpaired) electrons. The molecule has 1 atom stereocenters. The molecule has 0 saturated heterocycles. The summed E-state index contributed by atoms with van der Waals surface area (Å²) in [4.78, 5) is 32.3. The van der Waals surface area contributed by atoms with Gasteiger partial charge < -0.3 is 4.74 Å². The summed E-state index contributed by atoms with van der Waals surface area (Å²) in [6.45, 7) is 5.95. The van der Waals surface area contributed by atoms with E-state index in [1.54, 1.807) is 23.1 Å². The predicted octanol–water partition coefficient (Wildman–Crippen LogP) is 5.00. The lowest BCUT2D eigenvalue weighted by atomic mass is 9.96. The number of aryl methyl sites for hydroxylation is 1. The molecule has 9 heteroatoms. The molecule has 0 N–H and O–H groups in total. The van der Waals surface area contributed by atoms with Gasteiger partial charge in [0, 0.05) is 11.1 Å². The molecule has 0 saturated carbocycles. The molecule has 0 fully saturated rings. The molecule has 2 aromatic heterocycles. The van der Waals surface area contributed by atoms with Crippen molar-refractivity contribution in [3.63, 3.8) is 0 Å². The van der Waals surface area contributed by atoms with Crippen LogP contribution in [-0.2, 0) is 16.0 Å². The maximum absolute atomic E-state index is 14.0. The summed E-state index contributed by atoms with van der Waals surface area (Å²) in [6.07, 6.45) is 5.89. The van der Waals surface area contributed by atoms with Gasteiger partial charge in [0.1, 0.15) is 5.69 Å². The Morgan fingerprint density at radius 3 is 2.49 bits per heavy atom. The van der Waals surface area contributed by atoms with Crippen LogP contribution in [0.2, 0.25) is 0 Å². The van der Waals surface area contributed by atoms with Crippen molar-refractivity contribution in [1.82, 2.24) is 19.6 Å². The average Bonchev–Trinajstić information content (AvgIpc) is 3.63. The van der Waals surface area contributed by atoms with Gasteiger partial charge in [-0.1, -0.05) is 103 Å². The summed E-state index contributed by atoms with van der Waals surface area (Å²) in [5.41, 5.74) is 6.14. The molecule has 216 valence electrons. The number of fused-ring (bicyclic) bond motifs is 1. The van der Waals surface area contributed by atoms with E-state index < -0.39 is 12.0 Å². The van der Waals surface area contributed by atoms with Gasteiger partial charge in [0.2, 0.25) is 0 Å². The molecule has 0 amide bonds. The molecular weight excluding hydrogens is 558 g/mol. The fourth-order valence-corrected chi connectivity index (χ4v) is 6.38. The number of benzene rings is 3. The Balaban J connectivity index is 1.43. The van der Waals surface area contributed by atoms with Crippen LogP contribution in [0.4, 0.5) is 0 Å². The first-order valence-corrected chi connectivity index (χ1v) is 15.2. The molecule has 1 aliphatic rings. The number of carbonyl (C=O) groups is 1. The number of para-hydroxylation sites is 1. The minimum absolute atomic E-state index is 0.229. The topological polar surface area (TPSA) is 91.4 Å². The Kier molecular flexibility index (Phi) is 7.98. The van der Waals surface area contributed by atoms with Crippen molar-refractivity contribution in [3.8, 4) is 16.9 Å². The van der Waals surface area contributed by atoms with Crippen molar-refractivity contribution in [2.45, 2.75) is 39.7 Å². The molecule has 43 heavy (non-hydrogen) atoms. The average molecular weight is 590 g/mol. The molecule has 3 heterocycles. The van der Waals surface area contributed by atoms with E-state index in [1.165, 1.54) is 16.9 Å². The van der Waals surface area contributed by atoms with Gasteiger partial charge in [0.15, 0.2) is 4.80 Å². The summed E-state index contributed by atoms with van der Waals surface area (Å²) in [7, 11) is 0. The highest BCUT2D eigenvalue weighted by atomic mass is 32.1. The van der Waals surface area contributed by atoms with E-state index in [0.29, 0.717) is 20.6 Å². The van der Waals surface area contributed by atoms with Crippen molar-refractivity contribution >= 4 is 23.4 Å². The Morgan fingerprint density at radius 2 is 1.74 bits per heavy atom. The molecule has 8 nitrogen and oxygen atoms in total. The molecule has 5 aromatic rings. The van der Waals surface area contributed by atoms with E-state index in [4.69, 9.17) is 4.74 Å². The number of aromatic nitrogens is 4. The van der Waals surface area contributed by atoms with Crippen molar-refractivity contribution in [1.29, 1.82) is 0 Å². The molecule has 0 bridgehead atoms. The highest BCUT2D eigenvalue weighted by molar-refractivity contribution is 7.07. The number of esters is 1. The van der Waals surface area contributed by atoms with E-state index >= 15 is 0 Å². The Labute approximate surface area is 252 Å². The van der Waals surface area contributed by atoms with Crippen LogP contribution in [0.3, 0.4) is 0 Å². The van der Waals surface area contributed by atoms with Gasteiger partial charge in [0.05, 0.1) is 40.3 Å². The molecular formula is C34H31N5O3S. The number of rotatable bonds is 8. The second-order valence-electron chi connectivity index (χ2n) is 10.3. The molecule has 6 rings (SSSR count). The minimum atomic E-state index is -0.643. The molecule has 1 aliphatic heterocycles. The van der Waals surface area contributed by atoms with E-state index in [9.17, 15) is 9.59 Å². The third kappa shape index (κ3) is 5.51. The predicted molar refractivity (Wildman–Crippen MR) is 168 cm³/mol. The third-order valence-corrected chi connectivity index (χ3v) is 8.37. The molecule has 0 aliphatic carbocycles. The SMILES string of the molecule is CCCc1ccc(-c2cn(-c3ccccc3/C=c3\sc4n(c3=O)C(c3ccccc3)C(C(=O)OCC)=C(C)N=4)nn2)cc1. The summed E-state index contributed by atoms with van der Waals surface area (Å²) in [6, 6.07) is 25.0. The maximum atomic E-state index is 14.0. The van der Waals surface area contributed by atoms with Gasteiger partial charge >= 0.3 is 5.97 Å². The van der Waals surface area contributed by atoms with Crippen molar-refractivity contribution < 1.29 is 9.53 Å². The number of carbonyl (C=O) groups excluding carboxylic acids is 1. The second kappa shape index (κ2) is 12.1.